The van der Waals surface area contributed by atoms with Gasteiger partial charge in [0.2, 0.25) is 0 Å². The van der Waals surface area contributed by atoms with Crippen LogP contribution in [0.1, 0.15) is 16.8 Å². The van der Waals surface area contributed by atoms with E-state index in [0.29, 0.717) is 17.1 Å². The predicted octanol–water partition coefficient (Wildman–Crippen LogP) is 5.91. The molecule has 0 amide bonds. The van der Waals surface area contributed by atoms with E-state index >= 15 is 0 Å². The summed E-state index contributed by atoms with van der Waals surface area (Å²) in [6, 6.07) is 27.5. The van der Waals surface area contributed by atoms with Crippen LogP contribution in [0.4, 0.5) is 0 Å². The van der Waals surface area contributed by atoms with E-state index < -0.39 is 0 Å². The van der Waals surface area contributed by atoms with E-state index in [4.69, 9.17) is 16.7 Å². The molecule has 31 heavy (non-hydrogen) atoms. The number of H-pyrrole nitrogens is 1. The zero-order valence-corrected chi connectivity index (χ0v) is 17.7. The molecule has 5 aromatic rings. The first-order chi connectivity index (χ1) is 15.1. The van der Waals surface area contributed by atoms with Crippen LogP contribution in [0, 0.1) is 6.92 Å². The zero-order chi connectivity index (χ0) is 21.4. The third-order valence-corrected chi connectivity index (χ3v) is 5.65. The average Bonchev–Trinajstić information content (AvgIpc) is 3.14. The highest BCUT2D eigenvalue weighted by atomic mass is 35.5. The molecule has 0 bridgehead atoms. The summed E-state index contributed by atoms with van der Waals surface area (Å²) in [6.45, 7) is 2.04. The molecule has 152 valence electrons. The Morgan fingerprint density at radius 3 is 2.29 bits per heavy atom. The van der Waals surface area contributed by atoms with Gasteiger partial charge in [-0.05, 0) is 35.7 Å². The van der Waals surface area contributed by atoms with E-state index in [1.165, 1.54) is 10.1 Å². The molecule has 0 saturated heterocycles. The second-order valence-electron chi connectivity index (χ2n) is 7.64. The summed E-state index contributed by atoms with van der Waals surface area (Å²) in [5, 5.41) is 5.36. The molecule has 2 heterocycles. The van der Waals surface area contributed by atoms with E-state index in [-0.39, 0.29) is 5.56 Å². The molecule has 0 aliphatic rings. The second-order valence-corrected chi connectivity index (χ2v) is 8.08. The highest BCUT2D eigenvalue weighted by molar-refractivity contribution is 6.30. The number of halogens is 1. The summed E-state index contributed by atoms with van der Waals surface area (Å²) >= 11 is 6.13. The number of fused-ring (bicyclic) bond motifs is 1. The molecule has 5 heteroatoms. The normalized spacial score (nSPS) is 11.2. The smallest absolute Gasteiger partial charge is 0.274 e. The van der Waals surface area contributed by atoms with Crippen LogP contribution in [0.15, 0.2) is 89.7 Å². The van der Waals surface area contributed by atoms with Crippen molar-refractivity contribution in [3.8, 4) is 22.4 Å². The molecule has 0 fully saturated rings. The summed E-state index contributed by atoms with van der Waals surface area (Å²) in [6.07, 6.45) is 0.619. The van der Waals surface area contributed by atoms with Crippen molar-refractivity contribution >= 4 is 17.2 Å². The first kappa shape index (κ1) is 19.3. The van der Waals surface area contributed by atoms with E-state index in [0.717, 1.165) is 33.6 Å². The van der Waals surface area contributed by atoms with E-state index in [9.17, 15) is 4.79 Å². The maximum absolute atomic E-state index is 13.0. The lowest BCUT2D eigenvalue weighted by Crippen LogP contribution is -2.14. The monoisotopic (exact) mass is 425 g/mol. The number of aromatic nitrogens is 3. The minimum Gasteiger partial charge on any atom is -0.339 e. The van der Waals surface area contributed by atoms with Crippen molar-refractivity contribution in [1.82, 2.24) is 14.6 Å². The van der Waals surface area contributed by atoms with Crippen LogP contribution in [0.5, 0.6) is 0 Å². The predicted molar refractivity (Wildman–Crippen MR) is 126 cm³/mol. The molecule has 0 radical (unpaired) electrons. The van der Waals surface area contributed by atoms with Crippen molar-refractivity contribution < 1.29 is 0 Å². The largest absolute Gasteiger partial charge is 0.339 e. The molecule has 0 atom stereocenters. The van der Waals surface area contributed by atoms with Crippen LogP contribution < -0.4 is 5.56 Å². The SMILES string of the molecule is Cc1ccc(-c2cc(=O)n3nc(Cc4ccccc4)c(-c4ccc(Cl)cc4)c3[nH]2)cc1. The molecular weight excluding hydrogens is 406 g/mol. The Morgan fingerprint density at radius 2 is 1.58 bits per heavy atom. The number of hydrogen-bond donors (Lipinski definition) is 1. The molecule has 0 spiro atoms. The molecular formula is C26H20ClN3O. The Bertz CT molecular complexity index is 1420. The molecule has 0 aliphatic carbocycles. The van der Waals surface area contributed by atoms with Gasteiger partial charge >= 0.3 is 0 Å². The maximum atomic E-state index is 13.0. The number of aryl methyl sites for hydroxylation is 1. The lowest BCUT2D eigenvalue weighted by Gasteiger charge is -2.07. The number of nitrogens with zero attached hydrogens (tertiary/aromatic N) is 2. The zero-order valence-electron chi connectivity index (χ0n) is 17.0. The maximum Gasteiger partial charge on any atom is 0.274 e. The summed E-state index contributed by atoms with van der Waals surface area (Å²) in [5.74, 6) is 0. The van der Waals surface area contributed by atoms with E-state index in [2.05, 4.69) is 17.1 Å². The van der Waals surface area contributed by atoms with Gasteiger partial charge in [-0.15, -0.1) is 0 Å². The van der Waals surface area contributed by atoms with Crippen LogP contribution in [0.3, 0.4) is 0 Å². The summed E-state index contributed by atoms with van der Waals surface area (Å²) in [4.78, 5) is 16.5. The first-order valence-electron chi connectivity index (χ1n) is 10.1. The van der Waals surface area contributed by atoms with Crippen LogP contribution in [0.2, 0.25) is 5.02 Å². The number of hydrogen-bond acceptors (Lipinski definition) is 2. The molecule has 1 N–H and O–H groups in total. The van der Waals surface area contributed by atoms with Crippen molar-refractivity contribution in [3.63, 3.8) is 0 Å². The fraction of sp³-hybridized carbons (Fsp3) is 0.0769. The highest BCUT2D eigenvalue weighted by Gasteiger charge is 2.18. The van der Waals surface area contributed by atoms with Crippen molar-refractivity contribution in [2.45, 2.75) is 13.3 Å². The third-order valence-electron chi connectivity index (χ3n) is 5.40. The van der Waals surface area contributed by atoms with Crippen molar-refractivity contribution in [2.24, 2.45) is 0 Å². The molecule has 0 aliphatic heterocycles. The number of aromatic amines is 1. The molecule has 0 saturated carbocycles. The topological polar surface area (TPSA) is 50.2 Å². The summed E-state index contributed by atoms with van der Waals surface area (Å²) in [5.41, 5.74) is 7.24. The van der Waals surface area contributed by atoms with Gasteiger partial charge in [0, 0.05) is 23.1 Å². The van der Waals surface area contributed by atoms with Gasteiger partial charge in [-0.25, -0.2) is 0 Å². The lowest BCUT2D eigenvalue weighted by molar-refractivity contribution is 0.866. The van der Waals surface area contributed by atoms with E-state index in [1.54, 1.807) is 6.07 Å². The highest BCUT2D eigenvalue weighted by Crippen LogP contribution is 2.30. The first-order valence-corrected chi connectivity index (χ1v) is 10.5. The van der Waals surface area contributed by atoms with Crippen LogP contribution in [-0.4, -0.2) is 14.6 Å². The van der Waals surface area contributed by atoms with E-state index in [1.807, 2.05) is 73.7 Å². The quantitative estimate of drug-likeness (QED) is 0.389. The summed E-state index contributed by atoms with van der Waals surface area (Å²) in [7, 11) is 0. The van der Waals surface area contributed by atoms with Crippen molar-refractivity contribution in [1.29, 1.82) is 0 Å². The van der Waals surface area contributed by atoms with Gasteiger partial charge in [-0.3, -0.25) is 4.79 Å². The van der Waals surface area contributed by atoms with Gasteiger partial charge in [0.05, 0.1) is 11.4 Å². The molecule has 5 rings (SSSR count). The minimum absolute atomic E-state index is 0.168. The van der Waals surface area contributed by atoms with Gasteiger partial charge in [0.25, 0.3) is 5.56 Å². The Hall–Kier alpha value is -3.63. The van der Waals surface area contributed by atoms with Gasteiger partial charge in [-0.1, -0.05) is 83.9 Å². The Kier molecular flexibility index (Phi) is 4.92. The lowest BCUT2D eigenvalue weighted by atomic mass is 10.0. The molecule has 3 aromatic carbocycles. The Labute approximate surface area is 184 Å². The molecule has 4 nitrogen and oxygen atoms in total. The minimum atomic E-state index is -0.168. The van der Waals surface area contributed by atoms with Gasteiger partial charge in [-0.2, -0.15) is 9.61 Å². The van der Waals surface area contributed by atoms with Crippen molar-refractivity contribution in [3.05, 3.63) is 117 Å². The van der Waals surface area contributed by atoms with Crippen LogP contribution in [-0.2, 0) is 6.42 Å². The van der Waals surface area contributed by atoms with Gasteiger partial charge in [0.15, 0.2) is 0 Å². The fourth-order valence-corrected chi connectivity index (χ4v) is 3.93. The standard InChI is InChI=1S/C26H20ClN3O/c1-17-7-9-19(10-8-17)22-16-24(31)30-26(28-22)25(20-11-13-21(27)14-12-20)23(29-30)15-18-5-3-2-4-6-18/h2-14,16,28H,15H2,1H3. The molecule has 0 unspecified atom stereocenters. The summed E-state index contributed by atoms with van der Waals surface area (Å²) < 4.78 is 1.46. The third kappa shape index (κ3) is 3.78. The van der Waals surface area contributed by atoms with Crippen LogP contribution >= 0.6 is 11.6 Å². The number of rotatable bonds is 4. The number of nitrogens with one attached hydrogen (secondary N) is 1. The van der Waals surface area contributed by atoms with Crippen LogP contribution in [0.25, 0.3) is 28.0 Å². The Morgan fingerprint density at radius 1 is 0.903 bits per heavy atom. The van der Waals surface area contributed by atoms with Gasteiger partial charge in [0.1, 0.15) is 5.65 Å². The van der Waals surface area contributed by atoms with Gasteiger partial charge < -0.3 is 4.98 Å². The Balaban J connectivity index is 1.75. The molecule has 2 aromatic heterocycles. The average molecular weight is 426 g/mol. The fourth-order valence-electron chi connectivity index (χ4n) is 3.81. The van der Waals surface area contributed by atoms with Crippen molar-refractivity contribution in [2.75, 3.05) is 0 Å². The number of benzene rings is 3. The second kappa shape index (κ2) is 7.89.